The third kappa shape index (κ3) is 2.29. The monoisotopic (exact) mass is 209 g/mol. The van der Waals surface area contributed by atoms with E-state index in [1.165, 1.54) is 0 Å². The zero-order valence-electron chi connectivity index (χ0n) is 6.94. The van der Waals surface area contributed by atoms with Gasteiger partial charge < -0.3 is 6.15 Å². The smallest absolute Gasteiger partial charge is 0.344 e. The molecule has 0 unspecified atom stereocenters. The van der Waals surface area contributed by atoms with Gasteiger partial charge in [0.15, 0.2) is 6.29 Å². The van der Waals surface area contributed by atoms with Crippen LogP contribution in [0.2, 0.25) is 0 Å². The SMILES string of the molecule is N.O=Cc1cccc(F)c1C(F)(F)F. The lowest BCUT2D eigenvalue weighted by Crippen LogP contribution is -2.11. The minimum Gasteiger partial charge on any atom is -0.344 e. The normalized spacial score (nSPS) is 10.6. The van der Waals surface area contributed by atoms with Gasteiger partial charge in [-0.3, -0.25) is 4.79 Å². The molecule has 1 aromatic carbocycles. The highest BCUT2D eigenvalue weighted by molar-refractivity contribution is 5.77. The van der Waals surface area contributed by atoms with Gasteiger partial charge in [-0.1, -0.05) is 12.1 Å². The number of alkyl halides is 3. The first kappa shape index (κ1) is 12.6. The number of hydrogen-bond donors (Lipinski definition) is 1. The minimum absolute atomic E-state index is 0. The molecule has 6 heteroatoms. The van der Waals surface area contributed by atoms with E-state index >= 15 is 0 Å². The average Bonchev–Trinajstić information content (AvgIpc) is 2.01. The number of rotatable bonds is 1. The van der Waals surface area contributed by atoms with E-state index in [1.807, 2.05) is 0 Å². The van der Waals surface area contributed by atoms with Crippen molar-refractivity contribution in [1.82, 2.24) is 6.15 Å². The number of aldehydes is 1. The number of benzene rings is 1. The van der Waals surface area contributed by atoms with E-state index in [0.717, 1.165) is 12.1 Å². The second-order valence-electron chi connectivity index (χ2n) is 2.32. The van der Waals surface area contributed by atoms with Gasteiger partial charge in [0, 0.05) is 5.56 Å². The van der Waals surface area contributed by atoms with Gasteiger partial charge in [-0.2, -0.15) is 13.2 Å². The molecule has 0 heterocycles. The molecule has 1 rings (SSSR count). The first-order valence-electron chi connectivity index (χ1n) is 3.27. The Morgan fingerprint density at radius 2 is 1.79 bits per heavy atom. The van der Waals surface area contributed by atoms with Crippen LogP contribution in [0.15, 0.2) is 18.2 Å². The quantitative estimate of drug-likeness (QED) is 0.571. The van der Waals surface area contributed by atoms with Gasteiger partial charge >= 0.3 is 6.18 Å². The van der Waals surface area contributed by atoms with Crippen LogP contribution in [0.1, 0.15) is 15.9 Å². The lowest BCUT2D eigenvalue weighted by molar-refractivity contribution is -0.140. The van der Waals surface area contributed by atoms with E-state index in [2.05, 4.69) is 0 Å². The molecular formula is C8H7F4NO. The zero-order chi connectivity index (χ0) is 10.1. The van der Waals surface area contributed by atoms with E-state index in [9.17, 15) is 22.4 Å². The maximum atomic E-state index is 12.7. The summed E-state index contributed by atoms with van der Waals surface area (Å²) in [6.45, 7) is 0. The molecule has 0 aliphatic carbocycles. The predicted octanol–water partition coefficient (Wildman–Crippen LogP) is 2.82. The largest absolute Gasteiger partial charge is 0.419 e. The highest BCUT2D eigenvalue weighted by Crippen LogP contribution is 2.33. The minimum atomic E-state index is -4.83. The van der Waals surface area contributed by atoms with Crippen LogP contribution in [-0.2, 0) is 6.18 Å². The van der Waals surface area contributed by atoms with E-state index < -0.39 is 23.1 Å². The van der Waals surface area contributed by atoms with Gasteiger partial charge in [-0.25, -0.2) is 4.39 Å². The Labute approximate surface area is 77.1 Å². The van der Waals surface area contributed by atoms with Crippen molar-refractivity contribution in [2.24, 2.45) is 0 Å². The lowest BCUT2D eigenvalue weighted by atomic mass is 10.1. The summed E-state index contributed by atoms with van der Waals surface area (Å²) in [6.07, 6.45) is -4.85. The number of carbonyl (C=O) groups is 1. The van der Waals surface area contributed by atoms with E-state index in [-0.39, 0.29) is 12.4 Å². The molecule has 0 aromatic heterocycles. The van der Waals surface area contributed by atoms with Gasteiger partial charge in [-0.05, 0) is 6.07 Å². The Hall–Kier alpha value is -1.43. The Bertz CT molecular complexity index is 335. The van der Waals surface area contributed by atoms with Gasteiger partial charge in [0.25, 0.3) is 0 Å². The second-order valence-corrected chi connectivity index (χ2v) is 2.32. The van der Waals surface area contributed by atoms with Crippen LogP contribution >= 0.6 is 0 Å². The number of halogens is 4. The summed E-state index contributed by atoms with van der Waals surface area (Å²) in [5, 5.41) is 0. The van der Waals surface area contributed by atoms with Crippen molar-refractivity contribution >= 4 is 6.29 Å². The van der Waals surface area contributed by atoms with Crippen LogP contribution in [0, 0.1) is 5.82 Å². The summed E-state index contributed by atoms with van der Waals surface area (Å²) in [5.74, 6) is -1.43. The van der Waals surface area contributed by atoms with Crippen molar-refractivity contribution in [3.63, 3.8) is 0 Å². The molecule has 0 fully saturated rings. The fourth-order valence-electron chi connectivity index (χ4n) is 0.938. The van der Waals surface area contributed by atoms with Crippen molar-refractivity contribution in [3.8, 4) is 0 Å². The standard InChI is InChI=1S/C8H4F4O.H3N/c9-6-3-1-2-5(4-13)7(6)8(10,11)12;/h1-4H;1H3. The van der Waals surface area contributed by atoms with Crippen LogP contribution in [0.4, 0.5) is 17.6 Å². The maximum Gasteiger partial charge on any atom is 0.419 e. The van der Waals surface area contributed by atoms with Gasteiger partial charge in [0.2, 0.25) is 0 Å². The highest BCUT2D eigenvalue weighted by Gasteiger charge is 2.36. The molecule has 0 saturated heterocycles. The summed E-state index contributed by atoms with van der Waals surface area (Å²) in [4.78, 5) is 10.2. The first-order chi connectivity index (χ1) is 5.96. The van der Waals surface area contributed by atoms with Crippen LogP contribution in [-0.4, -0.2) is 6.29 Å². The van der Waals surface area contributed by atoms with Crippen LogP contribution in [0.3, 0.4) is 0 Å². The molecular weight excluding hydrogens is 202 g/mol. The number of hydrogen-bond acceptors (Lipinski definition) is 2. The molecule has 0 spiro atoms. The van der Waals surface area contributed by atoms with Crippen LogP contribution in [0.5, 0.6) is 0 Å². The van der Waals surface area contributed by atoms with Crippen molar-refractivity contribution < 1.29 is 22.4 Å². The first-order valence-corrected chi connectivity index (χ1v) is 3.27. The van der Waals surface area contributed by atoms with Crippen LogP contribution < -0.4 is 6.15 Å². The van der Waals surface area contributed by atoms with Crippen molar-refractivity contribution in [2.75, 3.05) is 0 Å². The molecule has 0 amide bonds. The summed E-state index contributed by atoms with van der Waals surface area (Å²) >= 11 is 0. The molecule has 0 atom stereocenters. The zero-order valence-corrected chi connectivity index (χ0v) is 6.94. The van der Waals surface area contributed by atoms with Crippen molar-refractivity contribution in [3.05, 3.63) is 35.1 Å². The lowest BCUT2D eigenvalue weighted by Gasteiger charge is -2.09. The molecule has 14 heavy (non-hydrogen) atoms. The molecule has 0 saturated carbocycles. The highest BCUT2D eigenvalue weighted by atomic mass is 19.4. The molecule has 1 aromatic rings. The number of carbonyl (C=O) groups excluding carboxylic acids is 1. The molecule has 0 aliphatic rings. The maximum absolute atomic E-state index is 12.7. The van der Waals surface area contributed by atoms with E-state index in [0.29, 0.717) is 6.07 Å². The van der Waals surface area contributed by atoms with E-state index in [4.69, 9.17) is 0 Å². The van der Waals surface area contributed by atoms with Gasteiger partial charge in [0.1, 0.15) is 11.4 Å². The van der Waals surface area contributed by atoms with Crippen LogP contribution in [0.25, 0.3) is 0 Å². The topological polar surface area (TPSA) is 52.1 Å². The predicted molar refractivity (Wildman–Crippen MR) is 41.8 cm³/mol. The van der Waals surface area contributed by atoms with Gasteiger partial charge in [-0.15, -0.1) is 0 Å². The summed E-state index contributed by atoms with van der Waals surface area (Å²) in [7, 11) is 0. The van der Waals surface area contributed by atoms with Gasteiger partial charge in [0.05, 0.1) is 0 Å². The van der Waals surface area contributed by atoms with Crippen molar-refractivity contribution in [2.45, 2.75) is 6.18 Å². The Morgan fingerprint density at radius 1 is 1.21 bits per heavy atom. The van der Waals surface area contributed by atoms with Crippen molar-refractivity contribution in [1.29, 1.82) is 0 Å². The molecule has 78 valence electrons. The molecule has 0 aliphatic heterocycles. The molecule has 3 N–H and O–H groups in total. The average molecular weight is 209 g/mol. The summed E-state index contributed by atoms with van der Waals surface area (Å²) in [6, 6.07) is 2.63. The molecule has 0 radical (unpaired) electrons. The molecule has 0 bridgehead atoms. The summed E-state index contributed by atoms with van der Waals surface area (Å²) < 4.78 is 48.9. The third-order valence-corrected chi connectivity index (χ3v) is 1.46. The van der Waals surface area contributed by atoms with E-state index in [1.54, 1.807) is 0 Å². The fraction of sp³-hybridized carbons (Fsp3) is 0.125. The Kier molecular flexibility index (Phi) is 3.76. The fourth-order valence-corrected chi connectivity index (χ4v) is 0.938. The Balaban J connectivity index is 0.00000169. The third-order valence-electron chi connectivity index (χ3n) is 1.46. The summed E-state index contributed by atoms with van der Waals surface area (Å²) in [5.41, 5.74) is -2.20. The second kappa shape index (κ2) is 4.19. The Morgan fingerprint density at radius 3 is 2.14 bits per heavy atom. The molecule has 2 nitrogen and oxygen atoms in total.